The Balaban J connectivity index is 1.78. The summed E-state index contributed by atoms with van der Waals surface area (Å²) in [6.45, 7) is 1.68. The Hall–Kier alpha value is -1.34. The summed E-state index contributed by atoms with van der Waals surface area (Å²) in [5.41, 5.74) is 0.814. The number of hydrogen-bond donors (Lipinski definition) is 2. The lowest BCUT2D eigenvalue weighted by Crippen LogP contribution is -2.39. The summed E-state index contributed by atoms with van der Waals surface area (Å²) < 4.78 is 11.4. The van der Waals surface area contributed by atoms with Crippen LogP contribution in [0.5, 0.6) is 5.88 Å². The maximum absolute atomic E-state index is 11.7. The van der Waals surface area contributed by atoms with Gasteiger partial charge in [0.1, 0.15) is 0 Å². The molecule has 0 radical (unpaired) electrons. The van der Waals surface area contributed by atoms with Gasteiger partial charge in [0.2, 0.25) is 5.88 Å². The summed E-state index contributed by atoms with van der Waals surface area (Å²) in [5, 5.41) is 5.58. The molecule has 1 atom stereocenters. The fourth-order valence-corrected chi connectivity index (χ4v) is 2.41. The molecule has 2 heterocycles. The van der Waals surface area contributed by atoms with Crippen LogP contribution in [0.3, 0.4) is 0 Å². The number of amides is 2. The minimum atomic E-state index is -0.220. The van der Waals surface area contributed by atoms with E-state index in [1.807, 2.05) is 6.07 Å². The molecule has 2 N–H and O–H groups in total. The van der Waals surface area contributed by atoms with Crippen LogP contribution in [0.25, 0.3) is 0 Å². The molecule has 1 aliphatic heterocycles. The van der Waals surface area contributed by atoms with E-state index in [1.165, 1.54) is 0 Å². The van der Waals surface area contributed by atoms with Crippen molar-refractivity contribution in [2.75, 3.05) is 20.3 Å². The SMILES string of the molecule is COc1ncc(Br)cc1CNC(=O)NCC1CCCO1. The third-order valence-electron chi connectivity index (χ3n) is 3.04. The number of carbonyl (C=O) groups is 1. The lowest BCUT2D eigenvalue weighted by Gasteiger charge is -2.12. The molecule has 110 valence electrons. The molecular formula is C13H18BrN3O3. The first-order valence-electron chi connectivity index (χ1n) is 6.50. The molecule has 1 fully saturated rings. The van der Waals surface area contributed by atoms with Gasteiger partial charge in [-0.25, -0.2) is 9.78 Å². The monoisotopic (exact) mass is 343 g/mol. The molecule has 1 aliphatic rings. The number of pyridine rings is 1. The molecule has 0 aromatic carbocycles. The van der Waals surface area contributed by atoms with Gasteiger partial charge < -0.3 is 20.1 Å². The number of methoxy groups -OCH3 is 1. The maximum Gasteiger partial charge on any atom is 0.315 e. The number of ether oxygens (including phenoxy) is 2. The van der Waals surface area contributed by atoms with Crippen LogP contribution in [0.4, 0.5) is 4.79 Å². The van der Waals surface area contributed by atoms with Gasteiger partial charge in [0, 0.05) is 35.9 Å². The molecule has 2 amide bonds. The largest absolute Gasteiger partial charge is 0.481 e. The Bertz CT molecular complexity index is 464. The van der Waals surface area contributed by atoms with Gasteiger partial charge in [-0.15, -0.1) is 0 Å². The molecule has 0 aliphatic carbocycles. The molecule has 0 bridgehead atoms. The van der Waals surface area contributed by atoms with Gasteiger partial charge in [-0.05, 0) is 34.8 Å². The van der Waals surface area contributed by atoms with Gasteiger partial charge >= 0.3 is 6.03 Å². The molecular weight excluding hydrogens is 326 g/mol. The molecule has 7 heteroatoms. The number of aromatic nitrogens is 1. The van der Waals surface area contributed by atoms with Gasteiger partial charge in [0.25, 0.3) is 0 Å². The van der Waals surface area contributed by atoms with E-state index in [4.69, 9.17) is 9.47 Å². The Kier molecular flexibility index (Phi) is 5.60. The summed E-state index contributed by atoms with van der Waals surface area (Å²) in [4.78, 5) is 15.8. The van der Waals surface area contributed by atoms with Crippen molar-refractivity contribution >= 4 is 22.0 Å². The van der Waals surface area contributed by atoms with Crippen molar-refractivity contribution in [3.05, 3.63) is 22.3 Å². The summed E-state index contributed by atoms with van der Waals surface area (Å²) in [6.07, 6.45) is 3.86. The number of hydrogen-bond acceptors (Lipinski definition) is 4. The zero-order valence-corrected chi connectivity index (χ0v) is 12.9. The van der Waals surface area contributed by atoms with Crippen LogP contribution in [0.2, 0.25) is 0 Å². The first-order valence-corrected chi connectivity index (χ1v) is 7.30. The van der Waals surface area contributed by atoms with E-state index < -0.39 is 0 Å². The van der Waals surface area contributed by atoms with Crippen LogP contribution in [0.1, 0.15) is 18.4 Å². The first kappa shape index (κ1) is 15.1. The van der Waals surface area contributed by atoms with Crippen molar-refractivity contribution < 1.29 is 14.3 Å². The van der Waals surface area contributed by atoms with Crippen molar-refractivity contribution in [2.24, 2.45) is 0 Å². The molecule has 2 rings (SSSR count). The highest BCUT2D eigenvalue weighted by molar-refractivity contribution is 9.10. The average molecular weight is 344 g/mol. The van der Waals surface area contributed by atoms with Crippen molar-refractivity contribution in [2.45, 2.75) is 25.5 Å². The Morgan fingerprint density at radius 2 is 2.45 bits per heavy atom. The molecule has 0 spiro atoms. The molecule has 0 saturated carbocycles. The third kappa shape index (κ3) is 4.35. The van der Waals surface area contributed by atoms with Crippen LogP contribution in [0.15, 0.2) is 16.7 Å². The summed E-state index contributed by atoms with van der Waals surface area (Å²) >= 11 is 3.35. The fourth-order valence-electron chi connectivity index (χ4n) is 2.03. The zero-order valence-electron chi connectivity index (χ0n) is 11.3. The number of nitrogens with one attached hydrogen (secondary N) is 2. The molecule has 6 nitrogen and oxygen atoms in total. The highest BCUT2D eigenvalue weighted by atomic mass is 79.9. The molecule has 1 aromatic heterocycles. The van der Waals surface area contributed by atoms with Gasteiger partial charge in [-0.2, -0.15) is 0 Å². The van der Waals surface area contributed by atoms with Gasteiger partial charge in [-0.3, -0.25) is 0 Å². The van der Waals surface area contributed by atoms with Crippen LogP contribution in [-0.4, -0.2) is 37.4 Å². The third-order valence-corrected chi connectivity index (χ3v) is 3.47. The van der Waals surface area contributed by atoms with Gasteiger partial charge in [-0.1, -0.05) is 0 Å². The number of rotatable bonds is 5. The second kappa shape index (κ2) is 7.44. The van der Waals surface area contributed by atoms with Crippen LogP contribution in [0, 0.1) is 0 Å². The van der Waals surface area contributed by atoms with Crippen molar-refractivity contribution in [3.63, 3.8) is 0 Å². The maximum atomic E-state index is 11.7. The number of urea groups is 1. The van der Waals surface area contributed by atoms with E-state index in [2.05, 4.69) is 31.5 Å². The highest BCUT2D eigenvalue weighted by Gasteiger charge is 2.16. The first-order chi connectivity index (χ1) is 9.69. The van der Waals surface area contributed by atoms with E-state index in [0.29, 0.717) is 19.0 Å². The van der Waals surface area contributed by atoms with E-state index in [-0.39, 0.29) is 12.1 Å². The molecule has 1 aromatic rings. The minimum Gasteiger partial charge on any atom is -0.481 e. The zero-order chi connectivity index (χ0) is 14.4. The molecule has 20 heavy (non-hydrogen) atoms. The van der Waals surface area contributed by atoms with Crippen molar-refractivity contribution in [3.8, 4) is 5.88 Å². The lowest BCUT2D eigenvalue weighted by molar-refractivity contribution is 0.111. The standard InChI is InChI=1S/C13H18BrN3O3/c1-19-12-9(5-10(14)7-15-12)6-16-13(18)17-8-11-3-2-4-20-11/h5,7,11H,2-4,6,8H2,1H3,(H2,16,17,18). The average Bonchev–Trinajstić information content (AvgIpc) is 2.96. The van der Waals surface area contributed by atoms with E-state index >= 15 is 0 Å². The quantitative estimate of drug-likeness (QED) is 0.855. The summed E-state index contributed by atoms with van der Waals surface area (Å²) in [5.74, 6) is 0.507. The fraction of sp³-hybridized carbons (Fsp3) is 0.538. The van der Waals surface area contributed by atoms with E-state index in [0.717, 1.165) is 29.5 Å². The normalized spacial score (nSPS) is 17.8. The second-order valence-corrected chi connectivity index (χ2v) is 5.44. The number of halogens is 1. The highest BCUT2D eigenvalue weighted by Crippen LogP contribution is 2.19. The lowest BCUT2D eigenvalue weighted by atomic mass is 10.2. The van der Waals surface area contributed by atoms with Crippen molar-refractivity contribution in [1.29, 1.82) is 0 Å². The van der Waals surface area contributed by atoms with Crippen LogP contribution >= 0.6 is 15.9 Å². The van der Waals surface area contributed by atoms with Crippen LogP contribution < -0.4 is 15.4 Å². The predicted molar refractivity (Wildman–Crippen MR) is 77.7 cm³/mol. The predicted octanol–water partition coefficient (Wildman–Crippen LogP) is 1.83. The summed E-state index contributed by atoms with van der Waals surface area (Å²) in [6, 6.07) is 1.65. The summed E-state index contributed by atoms with van der Waals surface area (Å²) in [7, 11) is 1.55. The Morgan fingerprint density at radius 1 is 1.60 bits per heavy atom. The molecule has 1 saturated heterocycles. The number of nitrogens with zero attached hydrogens (tertiary/aromatic N) is 1. The Labute approximate surface area is 126 Å². The van der Waals surface area contributed by atoms with E-state index in [9.17, 15) is 4.79 Å². The Morgan fingerprint density at radius 3 is 3.15 bits per heavy atom. The minimum absolute atomic E-state index is 0.142. The second-order valence-electron chi connectivity index (χ2n) is 4.52. The smallest absolute Gasteiger partial charge is 0.315 e. The number of carbonyl (C=O) groups excluding carboxylic acids is 1. The van der Waals surface area contributed by atoms with Crippen molar-refractivity contribution in [1.82, 2.24) is 15.6 Å². The molecule has 1 unspecified atom stereocenters. The van der Waals surface area contributed by atoms with Gasteiger partial charge in [0.05, 0.1) is 13.2 Å². The topological polar surface area (TPSA) is 72.5 Å². The van der Waals surface area contributed by atoms with E-state index in [1.54, 1.807) is 13.3 Å². The van der Waals surface area contributed by atoms with Gasteiger partial charge in [0.15, 0.2) is 0 Å². The van der Waals surface area contributed by atoms with Crippen LogP contribution in [-0.2, 0) is 11.3 Å².